The van der Waals surface area contributed by atoms with Gasteiger partial charge >= 0.3 is 6.09 Å². The number of rotatable bonds is 3. The molecule has 0 radical (unpaired) electrons. The minimum absolute atomic E-state index is 0.198. The third-order valence-corrected chi connectivity index (χ3v) is 3.79. The Labute approximate surface area is 118 Å². The molecule has 0 saturated carbocycles. The van der Waals surface area contributed by atoms with Crippen LogP contribution < -0.4 is 9.47 Å². The predicted molar refractivity (Wildman–Crippen MR) is 73.0 cm³/mol. The molecule has 1 amide bonds. The molecule has 1 unspecified atom stereocenters. The SMILES string of the molecule is CCOC(=O)N1CCCC1Cc1ccc2c(c1)OCO2. The van der Waals surface area contributed by atoms with Crippen LogP contribution in [0.3, 0.4) is 0 Å². The standard InChI is InChI=1S/C15H19NO4/c1-2-18-15(17)16-7-3-4-12(16)8-11-5-6-13-14(9-11)20-10-19-13/h5-6,9,12H,2-4,7-8,10H2,1H3. The zero-order valence-corrected chi connectivity index (χ0v) is 11.6. The van der Waals surface area contributed by atoms with E-state index in [4.69, 9.17) is 14.2 Å². The fraction of sp³-hybridized carbons (Fsp3) is 0.533. The quantitative estimate of drug-likeness (QED) is 0.852. The van der Waals surface area contributed by atoms with Gasteiger partial charge in [-0.15, -0.1) is 0 Å². The highest BCUT2D eigenvalue weighted by Gasteiger charge is 2.30. The maximum atomic E-state index is 11.9. The van der Waals surface area contributed by atoms with Crippen molar-refractivity contribution < 1.29 is 19.0 Å². The summed E-state index contributed by atoms with van der Waals surface area (Å²) in [5.41, 5.74) is 1.16. The Kier molecular flexibility index (Phi) is 3.67. The van der Waals surface area contributed by atoms with E-state index in [0.717, 1.165) is 42.9 Å². The Hall–Kier alpha value is -1.91. The summed E-state index contributed by atoms with van der Waals surface area (Å²) in [7, 11) is 0. The van der Waals surface area contributed by atoms with Gasteiger partial charge in [0, 0.05) is 12.6 Å². The second-order valence-electron chi connectivity index (χ2n) is 5.08. The van der Waals surface area contributed by atoms with Gasteiger partial charge in [-0.2, -0.15) is 0 Å². The molecule has 1 atom stereocenters. The van der Waals surface area contributed by atoms with Gasteiger partial charge in [-0.3, -0.25) is 0 Å². The van der Waals surface area contributed by atoms with Gasteiger partial charge in [0.05, 0.1) is 6.61 Å². The van der Waals surface area contributed by atoms with E-state index in [-0.39, 0.29) is 18.9 Å². The van der Waals surface area contributed by atoms with Crippen LogP contribution in [0.25, 0.3) is 0 Å². The first kappa shape index (κ1) is 13.1. The van der Waals surface area contributed by atoms with Gasteiger partial charge in [0.2, 0.25) is 6.79 Å². The maximum absolute atomic E-state index is 11.9. The molecule has 0 spiro atoms. The molecular formula is C15H19NO4. The topological polar surface area (TPSA) is 48.0 Å². The van der Waals surface area contributed by atoms with Crippen LogP contribution in [0.4, 0.5) is 4.79 Å². The first-order valence-corrected chi connectivity index (χ1v) is 7.10. The van der Waals surface area contributed by atoms with Gasteiger partial charge in [0.25, 0.3) is 0 Å². The predicted octanol–water partition coefficient (Wildman–Crippen LogP) is 2.58. The summed E-state index contributed by atoms with van der Waals surface area (Å²) in [6.07, 6.45) is 2.69. The van der Waals surface area contributed by atoms with E-state index in [1.165, 1.54) is 0 Å². The van der Waals surface area contributed by atoms with Gasteiger partial charge in [-0.25, -0.2) is 4.79 Å². The van der Waals surface area contributed by atoms with E-state index in [1.54, 1.807) is 0 Å². The number of hydrogen-bond donors (Lipinski definition) is 0. The van der Waals surface area contributed by atoms with Gasteiger partial charge in [-0.05, 0) is 43.9 Å². The minimum atomic E-state index is -0.198. The van der Waals surface area contributed by atoms with E-state index in [1.807, 2.05) is 30.0 Å². The molecule has 20 heavy (non-hydrogen) atoms. The fourth-order valence-electron chi connectivity index (χ4n) is 2.83. The van der Waals surface area contributed by atoms with E-state index in [2.05, 4.69) is 0 Å². The highest BCUT2D eigenvalue weighted by molar-refractivity contribution is 5.68. The van der Waals surface area contributed by atoms with Crippen molar-refractivity contribution in [2.45, 2.75) is 32.2 Å². The molecule has 0 aromatic heterocycles. The number of nitrogens with zero attached hydrogens (tertiary/aromatic N) is 1. The molecule has 108 valence electrons. The van der Waals surface area contributed by atoms with Gasteiger partial charge in [0.15, 0.2) is 11.5 Å². The van der Waals surface area contributed by atoms with Gasteiger partial charge < -0.3 is 19.1 Å². The summed E-state index contributed by atoms with van der Waals surface area (Å²) >= 11 is 0. The molecule has 1 aromatic rings. The van der Waals surface area contributed by atoms with Crippen molar-refractivity contribution in [3.63, 3.8) is 0 Å². The molecule has 3 rings (SSSR count). The number of carbonyl (C=O) groups excluding carboxylic acids is 1. The van der Waals surface area contributed by atoms with Crippen molar-refractivity contribution in [3.05, 3.63) is 23.8 Å². The van der Waals surface area contributed by atoms with Crippen LogP contribution in [0.2, 0.25) is 0 Å². The summed E-state index contributed by atoms with van der Waals surface area (Å²) in [4.78, 5) is 13.7. The molecule has 5 nitrogen and oxygen atoms in total. The lowest BCUT2D eigenvalue weighted by Crippen LogP contribution is -2.37. The minimum Gasteiger partial charge on any atom is -0.454 e. The van der Waals surface area contributed by atoms with E-state index in [9.17, 15) is 4.79 Å². The van der Waals surface area contributed by atoms with Crippen LogP contribution in [0.5, 0.6) is 11.5 Å². The van der Waals surface area contributed by atoms with Crippen LogP contribution >= 0.6 is 0 Å². The number of carbonyl (C=O) groups is 1. The molecule has 0 bridgehead atoms. The van der Waals surface area contributed by atoms with Crippen molar-refractivity contribution in [1.82, 2.24) is 4.90 Å². The monoisotopic (exact) mass is 277 g/mol. The number of amides is 1. The zero-order chi connectivity index (χ0) is 13.9. The average Bonchev–Trinajstić information content (AvgIpc) is 3.07. The molecule has 0 N–H and O–H groups in total. The molecule has 2 aliphatic rings. The average molecular weight is 277 g/mol. The van der Waals surface area contributed by atoms with Crippen LogP contribution in [0.15, 0.2) is 18.2 Å². The Morgan fingerprint density at radius 2 is 2.25 bits per heavy atom. The molecule has 1 saturated heterocycles. The molecule has 0 aliphatic carbocycles. The van der Waals surface area contributed by atoms with Crippen molar-refractivity contribution in [2.24, 2.45) is 0 Å². The van der Waals surface area contributed by atoms with Crippen molar-refractivity contribution in [2.75, 3.05) is 19.9 Å². The second-order valence-corrected chi connectivity index (χ2v) is 5.08. The number of hydrogen-bond acceptors (Lipinski definition) is 4. The summed E-state index contributed by atoms with van der Waals surface area (Å²) in [6, 6.07) is 6.19. The molecule has 1 fully saturated rings. The third kappa shape index (κ3) is 2.53. The normalized spacial score (nSPS) is 20.2. The fourth-order valence-corrected chi connectivity index (χ4v) is 2.83. The summed E-state index contributed by atoms with van der Waals surface area (Å²) in [5.74, 6) is 1.59. The van der Waals surface area contributed by atoms with E-state index in [0.29, 0.717) is 6.61 Å². The largest absolute Gasteiger partial charge is 0.454 e. The third-order valence-electron chi connectivity index (χ3n) is 3.79. The van der Waals surface area contributed by atoms with Crippen LogP contribution in [-0.2, 0) is 11.2 Å². The molecular weight excluding hydrogens is 258 g/mol. The first-order chi connectivity index (χ1) is 9.78. The number of fused-ring (bicyclic) bond motifs is 1. The maximum Gasteiger partial charge on any atom is 0.410 e. The van der Waals surface area contributed by atoms with Crippen LogP contribution in [0, 0.1) is 0 Å². The zero-order valence-electron chi connectivity index (χ0n) is 11.6. The Morgan fingerprint density at radius 3 is 3.10 bits per heavy atom. The van der Waals surface area contributed by atoms with Crippen molar-refractivity contribution in [1.29, 1.82) is 0 Å². The molecule has 5 heteroatoms. The number of likely N-dealkylation sites (tertiary alicyclic amines) is 1. The second kappa shape index (κ2) is 5.61. The van der Waals surface area contributed by atoms with E-state index < -0.39 is 0 Å². The van der Waals surface area contributed by atoms with Crippen molar-refractivity contribution >= 4 is 6.09 Å². The highest BCUT2D eigenvalue weighted by Crippen LogP contribution is 2.33. The first-order valence-electron chi connectivity index (χ1n) is 7.10. The van der Waals surface area contributed by atoms with E-state index >= 15 is 0 Å². The Morgan fingerprint density at radius 1 is 1.40 bits per heavy atom. The molecule has 2 aliphatic heterocycles. The Balaban J connectivity index is 1.69. The van der Waals surface area contributed by atoms with Crippen LogP contribution in [0.1, 0.15) is 25.3 Å². The molecule has 1 aromatic carbocycles. The van der Waals surface area contributed by atoms with Crippen molar-refractivity contribution in [3.8, 4) is 11.5 Å². The Bertz CT molecular complexity index is 503. The lowest BCUT2D eigenvalue weighted by molar-refractivity contribution is 0.103. The smallest absolute Gasteiger partial charge is 0.410 e. The number of benzene rings is 1. The van der Waals surface area contributed by atoms with Gasteiger partial charge in [-0.1, -0.05) is 6.07 Å². The lowest BCUT2D eigenvalue weighted by atomic mass is 10.0. The number of ether oxygens (including phenoxy) is 3. The highest BCUT2D eigenvalue weighted by atomic mass is 16.7. The summed E-state index contributed by atoms with van der Waals surface area (Å²) in [6.45, 7) is 3.33. The van der Waals surface area contributed by atoms with Crippen LogP contribution in [-0.4, -0.2) is 37.0 Å². The summed E-state index contributed by atoms with van der Waals surface area (Å²) in [5, 5.41) is 0. The summed E-state index contributed by atoms with van der Waals surface area (Å²) < 4.78 is 15.8. The van der Waals surface area contributed by atoms with Gasteiger partial charge in [0.1, 0.15) is 0 Å². The molecule has 2 heterocycles. The lowest BCUT2D eigenvalue weighted by Gasteiger charge is -2.23.